The molecule has 4 aliphatic rings. The maximum Gasteiger partial charge on any atom is -0.0151 e. The van der Waals surface area contributed by atoms with E-state index in [1.807, 2.05) is 0 Å². The average Bonchev–Trinajstić information content (AvgIpc) is 2.70. The maximum atomic E-state index is 4.54. The Morgan fingerprint density at radius 2 is 1.41 bits per heavy atom. The van der Waals surface area contributed by atoms with Crippen LogP contribution in [0.15, 0.2) is 12.2 Å². The maximum absolute atomic E-state index is 4.54. The Hall–Kier alpha value is -0.260. The third-order valence-electron chi connectivity index (χ3n) is 13.7. The normalized spacial score (nSPS) is 60.2. The Kier molecular flexibility index (Phi) is 6.33. The van der Waals surface area contributed by atoms with Crippen molar-refractivity contribution in [1.82, 2.24) is 0 Å². The predicted octanol–water partition coefficient (Wildman–Crippen LogP) is 9.36. The molecule has 0 amide bonds. The van der Waals surface area contributed by atoms with Crippen molar-refractivity contribution < 1.29 is 0 Å². The van der Waals surface area contributed by atoms with Crippen molar-refractivity contribution in [2.24, 2.45) is 87.8 Å². The molecule has 4 fully saturated rings. The zero-order valence-corrected chi connectivity index (χ0v) is 23.5. The second-order valence-corrected chi connectivity index (χ2v) is 14.3. The van der Waals surface area contributed by atoms with Crippen molar-refractivity contribution in [3.05, 3.63) is 12.2 Å². The molecule has 4 saturated carbocycles. The van der Waals surface area contributed by atoms with Crippen molar-refractivity contribution >= 4 is 0 Å². The van der Waals surface area contributed by atoms with Crippen molar-refractivity contribution in [2.75, 3.05) is 0 Å². The van der Waals surface area contributed by atoms with E-state index in [1.54, 1.807) is 0 Å². The molecule has 4 rings (SSSR count). The second-order valence-electron chi connectivity index (χ2n) is 14.3. The first kappa shape index (κ1) is 24.9. The molecule has 0 saturated heterocycles. The van der Waals surface area contributed by atoms with Gasteiger partial charge in [-0.05, 0) is 101 Å². The molecule has 0 heteroatoms. The van der Waals surface area contributed by atoms with Crippen LogP contribution in [0.2, 0.25) is 0 Å². The Bertz CT molecular complexity index is 720. The van der Waals surface area contributed by atoms with Crippen LogP contribution in [0.1, 0.15) is 102 Å². The van der Waals surface area contributed by atoms with Gasteiger partial charge in [-0.25, -0.2) is 0 Å². The molecule has 184 valence electrons. The standard InChI is InChI=1S/C32H56/c1-13-26-19(5)27(17(2)3)20(6)30-22(8)29-21(7)28-18(4)15-14-16-25(28)23(9)31(29,11)24(10)32(26,30)12/h18-30H,2,13-16H2,1,3-12H3. The zero-order valence-electron chi connectivity index (χ0n) is 23.5. The minimum atomic E-state index is 0.436. The number of allylic oxidation sites excluding steroid dienone is 1. The van der Waals surface area contributed by atoms with Crippen LogP contribution in [0.5, 0.6) is 0 Å². The molecule has 0 aromatic heterocycles. The van der Waals surface area contributed by atoms with Gasteiger partial charge in [0, 0.05) is 0 Å². The summed E-state index contributed by atoms with van der Waals surface area (Å²) in [4.78, 5) is 0. The van der Waals surface area contributed by atoms with Crippen molar-refractivity contribution in [2.45, 2.75) is 102 Å². The van der Waals surface area contributed by atoms with Gasteiger partial charge in [-0.15, -0.1) is 0 Å². The fourth-order valence-electron chi connectivity index (χ4n) is 12.9. The summed E-state index contributed by atoms with van der Waals surface area (Å²) in [6.45, 7) is 33.6. The van der Waals surface area contributed by atoms with Crippen LogP contribution in [-0.2, 0) is 0 Å². The van der Waals surface area contributed by atoms with Crippen LogP contribution in [0, 0.1) is 87.8 Å². The summed E-state index contributed by atoms with van der Waals surface area (Å²) < 4.78 is 0. The molecule has 0 nitrogen and oxygen atoms in total. The molecule has 0 N–H and O–H groups in total. The molecular weight excluding hydrogens is 384 g/mol. The molecule has 0 aliphatic heterocycles. The van der Waals surface area contributed by atoms with E-state index in [-0.39, 0.29) is 0 Å². The van der Waals surface area contributed by atoms with Gasteiger partial charge in [0.05, 0.1) is 0 Å². The average molecular weight is 441 g/mol. The summed E-state index contributed by atoms with van der Waals surface area (Å²) in [5.74, 6) is 10.8. The summed E-state index contributed by atoms with van der Waals surface area (Å²) in [7, 11) is 0. The number of hydrogen-bond acceptors (Lipinski definition) is 0. The SMILES string of the molecule is C=C(C)C1C(C)C(CC)C2(C)C(C1C)C(C)C1C(C)C3C(C)CCCC3C(C)C1(C)C2C. The number of fused-ring (bicyclic) bond motifs is 3. The Labute approximate surface area is 201 Å². The van der Waals surface area contributed by atoms with Crippen LogP contribution in [0.25, 0.3) is 0 Å². The highest BCUT2D eigenvalue weighted by Crippen LogP contribution is 2.75. The lowest BCUT2D eigenvalue weighted by Gasteiger charge is -2.74. The van der Waals surface area contributed by atoms with E-state index in [0.717, 1.165) is 71.0 Å². The third-order valence-corrected chi connectivity index (χ3v) is 13.7. The molecule has 0 spiro atoms. The lowest BCUT2D eigenvalue weighted by Crippen LogP contribution is -2.69. The molecule has 0 radical (unpaired) electrons. The monoisotopic (exact) mass is 440 g/mol. The van der Waals surface area contributed by atoms with Crippen LogP contribution in [0.4, 0.5) is 0 Å². The van der Waals surface area contributed by atoms with Crippen molar-refractivity contribution in [1.29, 1.82) is 0 Å². The smallest absolute Gasteiger partial charge is 0.0151 e. The summed E-state index contributed by atoms with van der Waals surface area (Å²) in [6, 6.07) is 0. The first-order chi connectivity index (χ1) is 14.9. The van der Waals surface area contributed by atoms with Gasteiger partial charge in [-0.1, -0.05) is 101 Å². The minimum Gasteiger partial charge on any atom is -0.0998 e. The van der Waals surface area contributed by atoms with E-state index < -0.39 is 0 Å². The zero-order chi connectivity index (χ0) is 23.9. The summed E-state index contributed by atoms with van der Waals surface area (Å²) in [5, 5.41) is 0. The van der Waals surface area contributed by atoms with Gasteiger partial charge in [-0.2, -0.15) is 0 Å². The summed E-state index contributed by atoms with van der Waals surface area (Å²) in [6.07, 6.45) is 5.76. The van der Waals surface area contributed by atoms with Crippen LogP contribution >= 0.6 is 0 Å². The van der Waals surface area contributed by atoms with E-state index in [1.165, 1.54) is 31.3 Å². The first-order valence-corrected chi connectivity index (χ1v) is 14.5. The molecule has 0 aromatic carbocycles. The van der Waals surface area contributed by atoms with Gasteiger partial charge in [-0.3, -0.25) is 0 Å². The Balaban J connectivity index is 1.88. The first-order valence-electron chi connectivity index (χ1n) is 14.5. The molecule has 4 aliphatic carbocycles. The Morgan fingerprint density at radius 3 is 1.97 bits per heavy atom. The summed E-state index contributed by atoms with van der Waals surface area (Å²) >= 11 is 0. The lowest BCUT2D eigenvalue weighted by atomic mass is 9.30. The number of hydrogen-bond donors (Lipinski definition) is 0. The molecule has 0 heterocycles. The van der Waals surface area contributed by atoms with Crippen molar-refractivity contribution in [3.8, 4) is 0 Å². The highest BCUT2D eigenvalue weighted by Gasteiger charge is 2.70. The largest absolute Gasteiger partial charge is 0.0998 e. The van der Waals surface area contributed by atoms with E-state index in [9.17, 15) is 0 Å². The number of rotatable bonds is 2. The topological polar surface area (TPSA) is 0 Å². The summed E-state index contributed by atoms with van der Waals surface area (Å²) in [5.41, 5.74) is 2.35. The molecule has 0 bridgehead atoms. The van der Waals surface area contributed by atoms with E-state index in [4.69, 9.17) is 0 Å². The van der Waals surface area contributed by atoms with Gasteiger partial charge in [0.2, 0.25) is 0 Å². The van der Waals surface area contributed by atoms with Gasteiger partial charge >= 0.3 is 0 Å². The fourth-order valence-corrected chi connectivity index (χ4v) is 12.9. The lowest BCUT2D eigenvalue weighted by molar-refractivity contribution is -0.266. The Morgan fingerprint density at radius 1 is 0.812 bits per heavy atom. The minimum absolute atomic E-state index is 0.436. The highest BCUT2D eigenvalue weighted by molar-refractivity contribution is 5.20. The predicted molar refractivity (Wildman–Crippen MR) is 140 cm³/mol. The van der Waals surface area contributed by atoms with Gasteiger partial charge in [0.15, 0.2) is 0 Å². The van der Waals surface area contributed by atoms with Crippen LogP contribution < -0.4 is 0 Å². The van der Waals surface area contributed by atoms with Crippen molar-refractivity contribution in [3.63, 3.8) is 0 Å². The van der Waals surface area contributed by atoms with Crippen LogP contribution in [-0.4, -0.2) is 0 Å². The van der Waals surface area contributed by atoms with Crippen LogP contribution in [0.3, 0.4) is 0 Å². The van der Waals surface area contributed by atoms with Gasteiger partial charge < -0.3 is 0 Å². The second kappa shape index (κ2) is 8.16. The fraction of sp³-hybridized carbons (Fsp3) is 0.938. The van der Waals surface area contributed by atoms with Gasteiger partial charge in [0.25, 0.3) is 0 Å². The molecule has 15 unspecified atom stereocenters. The highest BCUT2D eigenvalue weighted by atomic mass is 14.7. The quantitative estimate of drug-likeness (QED) is 0.375. The molecule has 15 atom stereocenters. The molecule has 0 aromatic rings. The van der Waals surface area contributed by atoms with Gasteiger partial charge in [0.1, 0.15) is 0 Å². The molecule has 32 heavy (non-hydrogen) atoms. The third kappa shape index (κ3) is 2.92. The van der Waals surface area contributed by atoms with E-state index in [0.29, 0.717) is 16.7 Å². The van der Waals surface area contributed by atoms with E-state index in [2.05, 4.69) is 82.7 Å². The molecular formula is C32H56. The van der Waals surface area contributed by atoms with E-state index >= 15 is 0 Å².